The summed E-state index contributed by atoms with van der Waals surface area (Å²) in [6.45, 7) is 0.196. The van der Waals surface area contributed by atoms with Crippen LogP contribution in [0.1, 0.15) is 22.7 Å². The van der Waals surface area contributed by atoms with Gasteiger partial charge in [0.15, 0.2) is 0 Å². The van der Waals surface area contributed by atoms with Crippen molar-refractivity contribution in [2.75, 3.05) is 7.11 Å². The van der Waals surface area contributed by atoms with Crippen molar-refractivity contribution < 1.29 is 19.4 Å². The fourth-order valence-electron chi connectivity index (χ4n) is 4.46. The minimum absolute atomic E-state index is 0.0589. The standard InChI is InChI=1S/C28H22N2O4/c1-34-21-9-4-8-20(16-21)25-24(26(31)23-11-5-7-19-6-2-3-10-22(19)23)27(32)28(33)30(25)17-18-12-14-29-15-13-18/h2-16,25,31H,17H2,1H3/b26-24-. The summed E-state index contributed by atoms with van der Waals surface area (Å²) in [6.07, 6.45) is 3.28. The summed E-state index contributed by atoms with van der Waals surface area (Å²) in [5.41, 5.74) is 2.07. The number of hydrogen-bond donors (Lipinski definition) is 1. The van der Waals surface area contributed by atoms with Crippen molar-refractivity contribution in [2.45, 2.75) is 12.6 Å². The van der Waals surface area contributed by atoms with Gasteiger partial charge in [0.25, 0.3) is 11.7 Å². The minimum atomic E-state index is -0.776. The lowest BCUT2D eigenvalue weighted by Crippen LogP contribution is -2.29. The maximum Gasteiger partial charge on any atom is 0.295 e. The summed E-state index contributed by atoms with van der Waals surface area (Å²) in [4.78, 5) is 32.1. The number of benzene rings is 3. The van der Waals surface area contributed by atoms with Gasteiger partial charge in [0.2, 0.25) is 0 Å². The van der Waals surface area contributed by atoms with Crippen LogP contribution in [0.15, 0.2) is 96.8 Å². The first kappa shape index (κ1) is 21.4. The fraction of sp³-hybridized carbons (Fsp3) is 0.107. The van der Waals surface area contributed by atoms with Crippen LogP contribution < -0.4 is 4.74 Å². The molecule has 1 aromatic heterocycles. The van der Waals surface area contributed by atoms with E-state index in [1.165, 1.54) is 4.90 Å². The maximum absolute atomic E-state index is 13.3. The Bertz CT molecular complexity index is 1420. The molecule has 5 rings (SSSR count). The van der Waals surface area contributed by atoms with E-state index in [4.69, 9.17) is 4.74 Å². The van der Waals surface area contributed by atoms with Gasteiger partial charge in [-0.2, -0.15) is 0 Å². The number of fused-ring (bicyclic) bond motifs is 1. The number of rotatable bonds is 5. The number of likely N-dealkylation sites (tertiary alicyclic amines) is 1. The van der Waals surface area contributed by atoms with Gasteiger partial charge in [-0.3, -0.25) is 14.6 Å². The zero-order chi connectivity index (χ0) is 23.7. The second-order valence-electron chi connectivity index (χ2n) is 8.09. The highest BCUT2D eigenvalue weighted by Crippen LogP contribution is 2.42. The lowest BCUT2D eigenvalue weighted by Gasteiger charge is -2.25. The highest BCUT2D eigenvalue weighted by Gasteiger charge is 2.46. The number of carbonyl (C=O) groups is 2. The topological polar surface area (TPSA) is 79.7 Å². The van der Waals surface area contributed by atoms with Gasteiger partial charge in [-0.05, 0) is 46.2 Å². The van der Waals surface area contributed by atoms with Crippen LogP contribution in [0.2, 0.25) is 0 Å². The number of Topliss-reactive ketones (excluding diaryl/α,β-unsaturated/α-hetero) is 1. The number of ketones is 1. The Morgan fingerprint density at radius 2 is 1.71 bits per heavy atom. The number of hydrogen-bond acceptors (Lipinski definition) is 5. The van der Waals surface area contributed by atoms with E-state index in [9.17, 15) is 14.7 Å². The molecular formula is C28H22N2O4. The lowest BCUT2D eigenvalue weighted by atomic mass is 9.93. The molecule has 0 spiro atoms. The molecule has 0 saturated carbocycles. The van der Waals surface area contributed by atoms with Gasteiger partial charge in [0.05, 0.1) is 18.7 Å². The van der Waals surface area contributed by atoms with Crippen molar-refractivity contribution in [3.63, 3.8) is 0 Å². The number of carbonyl (C=O) groups excluding carboxylic acids is 2. The number of aliphatic hydroxyl groups is 1. The molecule has 1 aliphatic rings. The number of nitrogens with zero attached hydrogens (tertiary/aromatic N) is 2. The molecule has 168 valence electrons. The largest absolute Gasteiger partial charge is 0.507 e. The molecule has 0 aliphatic carbocycles. The molecule has 0 bridgehead atoms. The van der Waals surface area contributed by atoms with Gasteiger partial charge in [-0.15, -0.1) is 0 Å². The van der Waals surface area contributed by atoms with Crippen molar-refractivity contribution in [1.82, 2.24) is 9.88 Å². The lowest BCUT2D eigenvalue weighted by molar-refractivity contribution is -0.140. The first-order valence-corrected chi connectivity index (χ1v) is 10.9. The Hall–Kier alpha value is -4.45. The van der Waals surface area contributed by atoms with Crippen LogP contribution in [0.4, 0.5) is 0 Å². The van der Waals surface area contributed by atoms with E-state index in [1.54, 1.807) is 55.9 Å². The smallest absolute Gasteiger partial charge is 0.295 e. The molecule has 6 nitrogen and oxygen atoms in total. The number of pyridine rings is 1. The van der Waals surface area contributed by atoms with Crippen molar-refractivity contribution >= 4 is 28.2 Å². The number of aromatic nitrogens is 1. The molecule has 1 amide bonds. The summed E-state index contributed by atoms with van der Waals surface area (Å²) in [7, 11) is 1.56. The predicted molar refractivity (Wildman–Crippen MR) is 129 cm³/mol. The number of amides is 1. The van der Waals surface area contributed by atoms with Crippen LogP contribution in [-0.2, 0) is 16.1 Å². The van der Waals surface area contributed by atoms with Crippen LogP contribution >= 0.6 is 0 Å². The second kappa shape index (κ2) is 8.83. The highest BCUT2D eigenvalue weighted by molar-refractivity contribution is 6.46. The van der Waals surface area contributed by atoms with Crippen LogP contribution in [0.25, 0.3) is 16.5 Å². The molecule has 34 heavy (non-hydrogen) atoms. The molecular weight excluding hydrogens is 428 g/mol. The molecule has 4 aromatic rings. The summed E-state index contributed by atoms with van der Waals surface area (Å²) < 4.78 is 5.38. The molecule has 1 N–H and O–H groups in total. The zero-order valence-corrected chi connectivity index (χ0v) is 18.5. The van der Waals surface area contributed by atoms with Crippen LogP contribution in [0.5, 0.6) is 5.75 Å². The number of methoxy groups -OCH3 is 1. The van der Waals surface area contributed by atoms with Crippen molar-refractivity contribution in [3.8, 4) is 5.75 Å². The first-order chi connectivity index (χ1) is 16.6. The van der Waals surface area contributed by atoms with Gasteiger partial charge < -0.3 is 14.7 Å². The Labute approximate surface area is 196 Å². The molecule has 1 aliphatic heterocycles. The van der Waals surface area contributed by atoms with Crippen LogP contribution in [0, 0.1) is 0 Å². The minimum Gasteiger partial charge on any atom is -0.507 e. The third-order valence-electron chi connectivity index (χ3n) is 6.10. The van der Waals surface area contributed by atoms with Crippen molar-refractivity contribution in [1.29, 1.82) is 0 Å². The molecule has 0 radical (unpaired) electrons. The van der Waals surface area contributed by atoms with E-state index in [1.807, 2.05) is 42.5 Å². The SMILES string of the molecule is COc1cccc(C2/C(=C(/O)c3cccc4ccccc34)C(=O)C(=O)N2Cc2ccncc2)c1. The molecule has 2 heterocycles. The zero-order valence-electron chi connectivity index (χ0n) is 18.5. The number of ether oxygens (including phenoxy) is 1. The summed E-state index contributed by atoms with van der Waals surface area (Å²) in [5, 5.41) is 13.2. The van der Waals surface area contributed by atoms with Gasteiger partial charge in [0, 0.05) is 24.5 Å². The fourth-order valence-corrected chi connectivity index (χ4v) is 4.46. The van der Waals surface area contributed by atoms with Gasteiger partial charge in [0.1, 0.15) is 11.5 Å². The first-order valence-electron chi connectivity index (χ1n) is 10.9. The molecule has 1 fully saturated rings. The highest BCUT2D eigenvalue weighted by atomic mass is 16.5. The van der Waals surface area contributed by atoms with Crippen molar-refractivity contribution in [2.24, 2.45) is 0 Å². The van der Waals surface area contributed by atoms with E-state index in [2.05, 4.69) is 4.98 Å². The third-order valence-corrected chi connectivity index (χ3v) is 6.10. The van der Waals surface area contributed by atoms with Gasteiger partial charge in [-0.25, -0.2) is 0 Å². The van der Waals surface area contributed by atoms with E-state index in [0.29, 0.717) is 16.9 Å². The predicted octanol–water partition coefficient (Wildman–Crippen LogP) is 4.87. The van der Waals surface area contributed by atoms with E-state index in [0.717, 1.165) is 16.3 Å². The summed E-state index contributed by atoms with van der Waals surface area (Å²) in [6, 6.07) is 23.2. The van der Waals surface area contributed by atoms with Crippen molar-refractivity contribution in [3.05, 3.63) is 114 Å². The quantitative estimate of drug-likeness (QED) is 0.267. The Kier molecular flexibility index (Phi) is 5.55. The average Bonchev–Trinajstić information content (AvgIpc) is 3.13. The molecule has 1 unspecified atom stereocenters. The Balaban J connectivity index is 1.72. The van der Waals surface area contributed by atoms with E-state index >= 15 is 0 Å². The molecule has 1 saturated heterocycles. The Morgan fingerprint density at radius 1 is 0.971 bits per heavy atom. The second-order valence-corrected chi connectivity index (χ2v) is 8.09. The van der Waals surface area contributed by atoms with Gasteiger partial charge in [-0.1, -0.05) is 54.6 Å². The normalized spacial score (nSPS) is 17.3. The third kappa shape index (κ3) is 3.69. The molecule has 3 aromatic carbocycles. The van der Waals surface area contributed by atoms with E-state index in [-0.39, 0.29) is 17.9 Å². The van der Waals surface area contributed by atoms with E-state index < -0.39 is 17.7 Å². The molecule has 6 heteroatoms. The number of aliphatic hydroxyl groups excluding tert-OH is 1. The average molecular weight is 450 g/mol. The van der Waals surface area contributed by atoms with Gasteiger partial charge >= 0.3 is 0 Å². The van der Waals surface area contributed by atoms with Crippen LogP contribution in [0.3, 0.4) is 0 Å². The molecule has 1 atom stereocenters. The Morgan fingerprint density at radius 3 is 2.50 bits per heavy atom. The van der Waals surface area contributed by atoms with Crippen LogP contribution in [-0.4, -0.2) is 33.8 Å². The summed E-state index contributed by atoms with van der Waals surface area (Å²) >= 11 is 0. The monoisotopic (exact) mass is 450 g/mol. The summed E-state index contributed by atoms with van der Waals surface area (Å²) in [5.74, 6) is -0.976. The maximum atomic E-state index is 13.3.